The van der Waals surface area contributed by atoms with E-state index >= 15 is 0 Å². The van der Waals surface area contributed by atoms with Crippen LogP contribution < -0.4 is 10.1 Å². The minimum absolute atomic E-state index is 0.0591. The van der Waals surface area contributed by atoms with Gasteiger partial charge in [-0.3, -0.25) is 0 Å². The van der Waals surface area contributed by atoms with Gasteiger partial charge in [0.05, 0.1) is 7.11 Å². The Kier molecular flexibility index (Phi) is 5.80. The van der Waals surface area contributed by atoms with Crippen molar-refractivity contribution in [1.82, 2.24) is 5.32 Å². The maximum atomic E-state index is 9.77. The van der Waals surface area contributed by atoms with Crippen molar-refractivity contribution in [3.05, 3.63) is 23.8 Å². The molecule has 0 radical (unpaired) electrons. The number of aliphatic hydroxyl groups is 1. The van der Waals surface area contributed by atoms with Crippen molar-refractivity contribution in [2.75, 3.05) is 20.3 Å². The molecule has 1 aromatic rings. The first-order valence-corrected chi connectivity index (χ1v) is 5.90. The number of benzene rings is 1. The molecular formula is C13H21NO3. The number of hydrogen-bond donors (Lipinski definition) is 3. The van der Waals surface area contributed by atoms with Gasteiger partial charge >= 0.3 is 0 Å². The summed E-state index contributed by atoms with van der Waals surface area (Å²) in [6.07, 6.45) is 1.72. The van der Waals surface area contributed by atoms with Crippen LogP contribution in [0.2, 0.25) is 0 Å². The van der Waals surface area contributed by atoms with Crippen LogP contribution in [0.4, 0.5) is 0 Å². The minimum Gasteiger partial charge on any atom is -0.508 e. The van der Waals surface area contributed by atoms with Crippen LogP contribution in [-0.4, -0.2) is 30.5 Å². The number of phenolic OH excluding ortho intramolecular Hbond substituents is 1. The highest BCUT2D eigenvalue weighted by molar-refractivity contribution is 5.41. The third kappa shape index (κ3) is 4.24. The molecule has 1 atom stereocenters. The Balaban J connectivity index is 2.57. The highest BCUT2D eigenvalue weighted by atomic mass is 16.5. The van der Waals surface area contributed by atoms with Crippen molar-refractivity contribution >= 4 is 0 Å². The number of nitrogens with one attached hydrogen (secondary N) is 1. The molecule has 0 bridgehead atoms. The largest absolute Gasteiger partial charge is 0.508 e. The SMILES string of the molecule is COc1ccc(O)c(C(C)NCCCCO)c1. The first-order valence-electron chi connectivity index (χ1n) is 5.90. The van der Waals surface area contributed by atoms with Gasteiger partial charge in [0.25, 0.3) is 0 Å². The van der Waals surface area contributed by atoms with Gasteiger partial charge in [-0.1, -0.05) is 0 Å². The zero-order valence-corrected chi connectivity index (χ0v) is 10.4. The summed E-state index contributed by atoms with van der Waals surface area (Å²) < 4.78 is 5.13. The number of rotatable bonds is 7. The number of hydrogen-bond acceptors (Lipinski definition) is 4. The van der Waals surface area contributed by atoms with Gasteiger partial charge in [-0.25, -0.2) is 0 Å². The fourth-order valence-electron chi connectivity index (χ4n) is 1.67. The van der Waals surface area contributed by atoms with Gasteiger partial charge in [0, 0.05) is 18.2 Å². The van der Waals surface area contributed by atoms with E-state index in [0.717, 1.165) is 30.7 Å². The first kappa shape index (κ1) is 13.8. The standard InChI is InChI=1S/C13H21NO3/c1-10(14-7-3-4-8-15)12-9-11(17-2)5-6-13(12)16/h5-6,9-10,14-16H,3-4,7-8H2,1-2H3. The van der Waals surface area contributed by atoms with Crippen LogP contribution in [0, 0.1) is 0 Å². The van der Waals surface area contributed by atoms with E-state index < -0.39 is 0 Å². The molecule has 0 saturated carbocycles. The van der Waals surface area contributed by atoms with Crippen LogP contribution in [0.1, 0.15) is 31.4 Å². The summed E-state index contributed by atoms with van der Waals surface area (Å²) >= 11 is 0. The smallest absolute Gasteiger partial charge is 0.120 e. The molecule has 0 amide bonds. The summed E-state index contributed by atoms with van der Waals surface area (Å²) in [6, 6.07) is 5.26. The van der Waals surface area contributed by atoms with E-state index in [0.29, 0.717) is 0 Å². The second-order valence-corrected chi connectivity index (χ2v) is 4.03. The van der Waals surface area contributed by atoms with Gasteiger partial charge < -0.3 is 20.3 Å². The van der Waals surface area contributed by atoms with E-state index in [2.05, 4.69) is 5.32 Å². The Bertz CT molecular complexity index is 341. The number of unbranched alkanes of at least 4 members (excludes halogenated alkanes) is 1. The van der Waals surface area contributed by atoms with Crippen molar-refractivity contribution in [2.45, 2.75) is 25.8 Å². The van der Waals surface area contributed by atoms with Gasteiger partial charge in [-0.05, 0) is 44.5 Å². The summed E-state index contributed by atoms with van der Waals surface area (Å²) in [5.74, 6) is 1.01. The van der Waals surface area contributed by atoms with E-state index in [9.17, 15) is 5.11 Å². The quantitative estimate of drug-likeness (QED) is 0.635. The second-order valence-electron chi connectivity index (χ2n) is 4.03. The summed E-state index contributed by atoms with van der Waals surface area (Å²) in [7, 11) is 1.61. The van der Waals surface area contributed by atoms with Gasteiger partial charge in [0.1, 0.15) is 11.5 Å². The predicted molar refractivity (Wildman–Crippen MR) is 67.4 cm³/mol. The van der Waals surface area contributed by atoms with Crippen LogP contribution in [0.3, 0.4) is 0 Å². The highest BCUT2D eigenvalue weighted by Gasteiger charge is 2.10. The maximum absolute atomic E-state index is 9.77. The molecule has 1 rings (SSSR count). The molecule has 0 saturated heterocycles. The van der Waals surface area contributed by atoms with Crippen LogP contribution >= 0.6 is 0 Å². The molecule has 4 heteroatoms. The molecule has 1 aromatic carbocycles. The lowest BCUT2D eigenvalue weighted by Gasteiger charge is -2.16. The zero-order chi connectivity index (χ0) is 12.7. The van der Waals surface area contributed by atoms with Crippen LogP contribution in [0.25, 0.3) is 0 Å². The first-order chi connectivity index (χ1) is 8.19. The lowest BCUT2D eigenvalue weighted by Crippen LogP contribution is -2.20. The number of ether oxygens (including phenoxy) is 1. The predicted octanol–water partition coefficient (Wildman–Crippen LogP) is 1.82. The van der Waals surface area contributed by atoms with Gasteiger partial charge in [0.2, 0.25) is 0 Å². The molecule has 0 spiro atoms. The van der Waals surface area contributed by atoms with E-state index in [1.54, 1.807) is 19.2 Å². The van der Waals surface area contributed by atoms with E-state index in [-0.39, 0.29) is 18.4 Å². The topological polar surface area (TPSA) is 61.7 Å². The summed E-state index contributed by atoms with van der Waals surface area (Å²) in [4.78, 5) is 0. The van der Waals surface area contributed by atoms with Crippen molar-refractivity contribution in [3.8, 4) is 11.5 Å². The van der Waals surface area contributed by atoms with Crippen LogP contribution in [0.5, 0.6) is 11.5 Å². The Labute approximate surface area is 102 Å². The molecule has 0 aliphatic heterocycles. The Hall–Kier alpha value is -1.26. The minimum atomic E-state index is 0.0591. The summed E-state index contributed by atoms with van der Waals surface area (Å²) in [6.45, 7) is 3.03. The van der Waals surface area contributed by atoms with E-state index in [1.165, 1.54) is 0 Å². The molecule has 4 nitrogen and oxygen atoms in total. The number of aromatic hydroxyl groups is 1. The molecule has 0 aliphatic carbocycles. The molecule has 3 N–H and O–H groups in total. The second kappa shape index (κ2) is 7.14. The normalized spacial score (nSPS) is 12.4. The fourth-order valence-corrected chi connectivity index (χ4v) is 1.67. The third-order valence-corrected chi connectivity index (χ3v) is 2.74. The Morgan fingerprint density at radius 3 is 2.76 bits per heavy atom. The van der Waals surface area contributed by atoms with E-state index in [4.69, 9.17) is 9.84 Å². The van der Waals surface area contributed by atoms with Crippen LogP contribution in [-0.2, 0) is 0 Å². The van der Waals surface area contributed by atoms with Crippen molar-refractivity contribution < 1.29 is 14.9 Å². The molecule has 0 aromatic heterocycles. The molecular weight excluding hydrogens is 218 g/mol. The monoisotopic (exact) mass is 239 g/mol. The van der Waals surface area contributed by atoms with Crippen LogP contribution in [0.15, 0.2) is 18.2 Å². The molecule has 0 aliphatic rings. The Morgan fingerprint density at radius 1 is 1.35 bits per heavy atom. The number of methoxy groups -OCH3 is 1. The molecule has 0 fully saturated rings. The van der Waals surface area contributed by atoms with Crippen molar-refractivity contribution in [1.29, 1.82) is 0 Å². The lowest BCUT2D eigenvalue weighted by atomic mass is 10.1. The highest BCUT2D eigenvalue weighted by Crippen LogP contribution is 2.28. The molecule has 96 valence electrons. The summed E-state index contributed by atoms with van der Waals surface area (Å²) in [5.41, 5.74) is 0.827. The van der Waals surface area contributed by atoms with Crippen molar-refractivity contribution in [2.24, 2.45) is 0 Å². The van der Waals surface area contributed by atoms with Gasteiger partial charge in [-0.2, -0.15) is 0 Å². The average Bonchev–Trinajstić information content (AvgIpc) is 2.35. The van der Waals surface area contributed by atoms with Gasteiger partial charge in [0.15, 0.2) is 0 Å². The fraction of sp³-hybridized carbons (Fsp3) is 0.538. The van der Waals surface area contributed by atoms with Gasteiger partial charge in [-0.15, -0.1) is 0 Å². The zero-order valence-electron chi connectivity index (χ0n) is 10.4. The lowest BCUT2D eigenvalue weighted by molar-refractivity contribution is 0.282. The molecule has 1 unspecified atom stereocenters. The molecule has 0 heterocycles. The third-order valence-electron chi connectivity index (χ3n) is 2.74. The average molecular weight is 239 g/mol. The maximum Gasteiger partial charge on any atom is 0.120 e. The molecule has 17 heavy (non-hydrogen) atoms. The number of aliphatic hydroxyl groups excluding tert-OH is 1. The van der Waals surface area contributed by atoms with Crippen molar-refractivity contribution in [3.63, 3.8) is 0 Å². The van der Waals surface area contributed by atoms with E-state index in [1.807, 2.05) is 13.0 Å². The summed E-state index contributed by atoms with van der Waals surface area (Å²) in [5, 5.41) is 21.7. The Morgan fingerprint density at radius 2 is 2.12 bits per heavy atom. The number of phenols is 1.